The van der Waals surface area contributed by atoms with Crippen molar-refractivity contribution in [2.75, 3.05) is 10.2 Å². The Hall–Kier alpha value is -2.89. The van der Waals surface area contributed by atoms with Crippen LogP contribution >= 0.6 is 0 Å². The first-order chi connectivity index (χ1) is 12.3. The number of hydrogen-bond acceptors (Lipinski definition) is 4. The molecule has 2 aromatic rings. The van der Waals surface area contributed by atoms with Gasteiger partial charge in [-0.1, -0.05) is 30.3 Å². The summed E-state index contributed by atoms with van der Waals surface area (Å²) < 4.78 is 5.25. The molecule has 1 N–H and O–H groups in total. The Labute approximate surface area is 153 Å². The molecule has 3 rings (SSSR count). The average Bonchev–Trinajstić information content (AvgIpc) is 2.56. The number of nitrogens with zero attached hydrogens (tertiary/aromatic N) is 2. The number of aryl methyl sites for hydroxylation is 1. The fraction of sp³-hybridized carbons (Fsp3) is 0.350. The summed E-state index contributed by atoms with van der Waals surface area (Å²) in [6.07, 6.45) is 2.17. The van der Waals surface area contributed by atoms with Gasteiger partial charge in [-0.3, -0.25) is 10.1 Å². The third-order valence-corrected chi connectivity index (χ3v) is 3.98. The quantitative estimate of drug-likeness (QED) is 0.908. The molecule has 1 aliphatic heterocycles. The molecular formula is C20H23N3O3. The van der Waals surface area contributed by atoms with Crippen LogP contribution in [0.2, 0.25) is 0 Å². The van der Waals surface area contributed by atoms with Gasteiger partial charge in [-0.25, -0.2) is 9.78 Å². The number of ether oxygens (including phenoxy) is 1. The lowest BCUT2D eigenvalue weighted by Crippen LogP contribution is -2.35. The van der Waals surface area contributed by atoms with Crippen molar-refractivity contribution in [2.45, 2.75) is 45.8 Å². The number of benzene rings is 1. The fourth-order valence-corrected chi connectivity index (χ4v) is 2.86. The van der Waals surface area contributed by atoms with Crippen LogP contribution in [0.25, 0.3) is 0 Å². The number of aromatic nitrogens is 1. The van der Waals surface area contributed by atoms with Crippen molar-refractivity contribution in [3.05, 3.63) is 53.7 Å². The van der Waals surface area contributed by atoms with Gasteiger partial charge >= 0.3 is 6.09 Å². The highest BCUT2D eigenvalue weighted by atomic mass is 16.6. The maximum Gasteiger partial charge on any atom is 0.413 e. The Morgan fingerprint density at radius 2 is 1.96 bits per heavy atom. The van der Waals surface area contributed by atoms with Crippen molar-refractivity contribution in [1.82, 2.24) is 4.98 Å². The van der Waals surface area contributed by atoms with Crippen LogP contribution in [0, 0.1) is 0 Å². The van der Waals surface area contributed by atoms with E-state index < -0.39 is 11.7 Å². The predicted molar refractivity (Wildman–Crippen MR) is 100 cm³/mol. The minimum Gasteiger partial charge on any atom is -0.444 e. The molecule has 136 valence electrons. The molecule has 1 aromatic heterocycles. The van der Waals surface area contributed by atoms with Crippen LogP contribution in [0.1, 0.15) is 38.3 Å². The van der Waals surface area contributed by atoms with Crippen LogP contribution in [0.15, 0.2) is 42.6 Å². The van der Waals surface area contributed by atoms with Gasteiger partial charge in [-0.15, -0.1) is 0 Å². The number of amides is 2. The molecule has 6 nitrogen and oxygen atoms in total. The Morgan fingerprint density at radius 1 is 1.23 bits per heavy atom. The number of pyridine rings is 1. The van der Waals surface area contributed by atoms with Crippen LogP contribution in [0.3, 0.4) is 0 Å². The van der Waals surface area contributed by atoms with E-state index in [2.05, 4.69) is 10.3 Å². The number of anilines is 2. The summed E-state index contributed by atoms with van der Waals surface area (Å²) in [7, 11) is 0. The zero-order valence-electron chi connectivity index (χ0n) is 15.3. The Balaban J connectivity index is 1.78. The van der Waals surface area contributed by atoms with Gasteiger partial charge in [0.15, 0.2) is 0 Å². The maximum atomic E-state index is 12.4. The van der Waals surface area contributed by atoms with E-state index in [1.54, 1.807) is 31.9 Å². The number of fused-ring (bicyclic) bond motifs is 1. The summed E-state index contributed by atoms with van der Waals surface area (Å²) in [5.74, 6) is 0.503. The summed E-state index contributed by atoms with van der Waals surface area (Å²) in [5.41, 5.74) is 2.27. The van der Waals surface area contributed by atoms with Crippen LogP contribution in [0.4, 0.5) is 16.3 Å². The molecule has 0 saturated heterocycles. The van der Waals surface area contributed by atoms with Gasteiger partial charge in [0.2, 0.25) is 5.91 Å². The normalized spacial score (nSPS) is 14.0. The minimum atomic E-state index is -0.572. The van der Waals surface area contributed by atoms with E-state index in [9.17, 15) is 9.59 Å². The van der Waals surface area contributed by atoms with Gasteiger partial charge in [0.1, 0.15) is 11.4 Å². The molecule has 0 aliphatic carbocycles. The third-order valence-electron chi connectivity index (χ3n) is 3.98. The second-order valence-corrected chi connectivity index (χ2v) is 7.29. The van der Waals surface area contributed by atoms with Crippen molar-refractivity contribution in [1.29, 1.82) is 0 Å². The first-order valence-electron chi connectivity index (χ1n) is 8.65. The van der Waals surface area contributed by atoms with Gasteiger partial charge in [-0.2, -0.15) is 0 Å². The molecule has 0 radical (unpaired) electrons. The van der Waals surface area contributed by atoms with Gasteiger partial charge < -0.3 is 9.64 Å². The fourth-order valence-electron chi connectivity index (χ4n) is 2.86. The summed E-state index contributed by atoms with van der Waals surface area (Å²) in [4.78, 5) is 30.3. The highest BCUT2D eigenvalue weighted by molar-refractivity contribution is 5.96. The van der Waals surface area contributed by atoms with Crippen molar-refractivity contribution < 1.29 is 14.3 Å². The largest absolute Gasteiger partial charge is 0.444 e. The molecule has 0 spiro atoms. The minimum absolute atomic E-state index is 0.0796. The molecule has 26 heavy (non-hydrogen) atoms. The monoisotopic (exact) mass is 353 g/mol. The average molecular weight is 353 g/mol. The lowest BCUT2D eigenvalue weighted by Gasteiger charge is -2.29. The third kappa shape index (κ3) is 4.39. The summed E-state index contributed by atoms with van der Waals surface area (Å²) >= 11 is 0. The molecule has 0 fully saturated rings. The second kappa shape index (κ2) is 7.15. The van der Waals surface area contributed by atoms with Crippen molar-refractivity contribution in [3.63, 3.8) is 0 Å². The van der Waals surface area contributed by atoms with Crippen LogP contribution < -0.4 is 10.2 Å². The van der Waals surface area contributed by atoms with Crippen molar-refractivity contribution in [2.24, 2.45) is 0 Å². The highest BCUT2D eigenvalue weighted by Gasteiger charge is 2.25. The highest BCUT2D eigenvalue weighted by Crippen LogP contribution is 2.30. The summed E-state index contributed by atoms with van der Waals surface area (Å²) in [6, 6.07) is 11.7. The lowest BCUT2D eigenvalue weighted by atomic mass is 10.0. The standard InChI is InChI=1S/C20H23N3O3/c1-20(2,3)26-19(25)22-17-11-15-9-10-18(24)23(16(15)12-21-17)13-14-7-5-4-6-8-14/h4-8,11-12H,9-10,13H2,1-3H3,(H,21,22,25). The van der Waals surface area contributed by atoms with Crippen LogP contribution in [-0.4, -0.2) is 22.6 Å². The molecule has 2 heterocycles. The van der Waals surface area contributed by atoms with Gasteiger partial charge in [0.25, 0.3) is 0 Å². The number of rotatable bonds is 3. The van der Waals surface area contributed by atoms with Gasteiger partial charge in [0.05, 0.1) is 18.4 Å². The number of hydrogen-bond donors (Lipinski definition) is 1. The lowest BCUT2D eigenvalue weighted by molar-refractivity contribution is -0.119. The molecular weight excluding hydrogens is 330 g/mol. The van der Waals surface area contributed by atoms with E-state index in [0.717, 1.165) is 16.8 Å². The zero-order chi connectivity index (χ0) is 18.7. The topological polar surface area (TPSA) is 71.5 Å². The first kappa shape index (κ1) is 17.9. The molecule has 0 atom stereocenters. The number of carbonyl (C=O) groups excluding carboxylic acids is 2. The molecule has 1 aliphatic rings. The van der Waals surface area contributed by atoms with E-state index in [1.807, 2.05) is 36.4 Å². The van der Waals surface area contributed by atoms with Crippen LogP contribution in [-0.2, 0) is 22.5 Å². The first-order valence-corrected chi connectivity index (χ1v) is 8.65. The molecule has 1 aromatic carbocycles. The predicted octanol–water partition coefficient (Wildman–Crippen LogP) is 3.91. The summed E-state index contributed by atoms with van der Waals surface area (Å²) in [5, 5.41) is 2.65. The van der Waals surface area contributed by atoms with Crippen molar-refractivity contribution >= 4 is 23.5 Å². The number of carbonyl (C=O) groups is 2. The Morgan fingerprint density at radius 3 is 2.65 bits per heavy atom. The molecule has 0 bridgehead atoms. The molecule has 6 heteroatoms. The smallest absolute Gasteiger partial charge is 0.413 e. The summed E-state index contributed by atoms with van der Waals surface area (Å²) in [6.45, 7) is 5.92. The zero-order valence-corrected chi connectivity index (χ0v) is 15.3. The SMILES string of the molecule is CC(C)(C)OC(=O)Nc1cc2c(cn1)N(Cc1ccccc1)C(=O)CC2. The van der Waals surface area contributed by atoms with Gasteiger partial charge in [-0.05, 0) is 44.4 Å². The molecule has 2 amide bonds. The van der Waals surface area contributed by atoms with Gasteiger partial charge in [0, 0.05) is 6.42 Å². The van der Waals surface area contributed by atoms with E-state index in [0.29, 0.717) is 25.2 Å². The Kier molecular flexibility index (Phi) is 4.93. The van der Waals surface area contributed by atoms with Crippen LogP contribution in [0.5, 0.6) is 0 Å². The van der Waals surface area contributed by atoms with Crippen molar-refractivity contribution in [3.8, 4) is 0 Å². The molecule has 0 saturated carbocycles. The number of nitrogens with one attached hydrogen (secondary N) is 1. The maximum absolute atomic E-state index is 12.4. The Bertz CT molecular complexity index is 813. The van der Waals surface area contributed by atoms with E-state index in [4.69, 9.17) is 4.74 Å². The second-order valence-electron chi connectivity index (χ2n) is 7.29. The van der Waals surface area contributed by atoms with E-state index in [1.165, 1.54) is 0 Å². The van der Waals surface area contributed by atoms with E-state index >= 15 is 0 Å². The van der Waals surface area contributed by atoms with E-state index in [-0.39, 0.29) is 5.91 Å². The molecule has 0 unspecified atom stereocenters.